The number of anilines is 1. The van der Waals surface area contributed by atoms with E-state index in [4.69, 9.17) is 28.5 Å². The van der Waals surface area contributed by atoms with Gasteiger partial charge in [-0.15, -0.1) is 0 Å². The van der Waals surface area contributed by atoms with Gasteiger partial charge in [-0.05, 0) is 94.2 Å². The molecule has 25 heteroatoms. The summed E-state index contributed by atoms with van der Waals surface area (Å²) in [6.07, 6.45) is 6.58. The quantitative estimate of drug-likeness (QED) is 0.0217. The molecule has 68 heavy (non-hydrogen) atoms. The number of aromatic carboxylic acids is 1. The highest BCUT2D eigenvalue weighted by Gasteiger charge is 2.43. The predicted octanol–water partition coefficient (Wildman–Crippen LogP) is 4.14. The van der Waals surface area contributed by atoms with Gasteiger partial charge in [0, 0.05) is 82.0 Å². The van der Waals surface area contributed by atoms with Crippen LogP contribution in [0.25, 0.3) is 5.57 Å². The topological polar surface area (TPSA) is 260 Å². The first kappa shape index (κ1) is 49.9. The molecule has 0 saturated carbocycles. The zero-order chi connectivity index (χ0) is 48.3. The standard InChI is InChI=1S/C43H53BN3O16P3S2/c1-43(2,68-67-23-58-33-20-35(44)60-34(33)21-59-65(54,55)63-66(56,57)62-64(51,52)53)22-45-41(48)26-11-12-27(30(19-26)42(49)50)36-31-17-24-7-3-13-46-15-5-9-28(37(24)46)39(31)61-40-29-10-6-16-47-14-4-8-25(38(29)47)18-32(36)40/h11-12,17-19,33-35H,3-10,13-16,20-23,44H2,1-2H3,(H5-,45,48,49,50,51,52,53,54,55,56,57)/p+1/t33-,34-,35-/m1/s1. The normalized spacial score (nSPS) is 22.5. The van der Waals surface area contributed by atoms with E-state index in [0.717, 1.165) is 105 Å². The molecule has 366 valence electrons. The molecule has 1 amide bonds. The molecule has 0 radical (unpaired) electrons. The van der Waals surface area contributed by atoms with Crippen LogP contribution in [-0.4, -0.2) is 113 Å². The number of amides is 1. The average Bonchev–Trinajstić information content (AvgIpc) is 3.63. The van der Waals surface area contributed by atoms with Crippen LogP contribution in [-0.2, 0) is 62.0 Å². The van der Waals surface area contributed by atoms with Crippen molar-refractivity contribution in [1.82, 2.24) is 9.89 Å². The summed E-state index contributed by atoms with van der Waals surface area (Å²) < 4.78 is 68.0. The Bertz CT molecular complexity index is 2840. The molecule has 0 aromatic heterocycles. The van der Waals surface area contributed by atoms with Crippen molar-refractivity contribution in [2.24, 2.45) is 0 Å². The summed E-state index contributed by atoms with van der Waals surface area (Å²) in [5.41, 5.74) is 8.69. The van der Waals surface area contributed by atoms with Gasteiger partial charge in [-0.3, -0.25) is 9.32 Å². The molecule has 0 spiro atoms. The molecule has 19 nitrogen and oxygen atoms in total. The fourth-order valence-corrected chi connectivity index (χ4v) is 15.5. The number of carbonyl (C=O) groups is 2. The minimum Gasteiger partial charge on any atom is -0.478 e. The molecule has 1 fully saturated rings. The highest BCUT2D eigenvalue weighted by Crippen LogP contribution is 2.66. The van der Waals surface area contributed by atoms with Crippen molar-refractivity contribution in [3.63, 3.8) is 0 Å². The number of carbonyl (C=O) groups excluding carboxylic acids is 1. The molecular formula is C43H54BN3O16P3S2+. The number of rotatable bonds is 17. The van der Waals surface area contributed by atoms with Crippen molar-refractivity contribution in [3.05, 3.63) is 85.4 Å². The Morgan fingerprint density at radius 2 is 1.63 bits per heavy atom. The van der Waals surface area contributed by atoms with E-state index in [0.29, 0.717) is 12.0 Å². The molecule has 5 atom stereocenters. The summed E-state index contributed by atoms with van der Waals surface area (Å²) in [7, 11) is -12.0. The van der Waals surface area contributed by atoms with Gasteiger partial charge in [0.15, 0.2) is 0 Å². The van der Waals surface area contributed by atoms with Crippen molar-refractivity contribution in [1.29, 1.82) is 0 Å². The Labute approximate surface area is 401 Å². The molecule has 0 bridgehead atoms. The van der Waals surface area contributed by atoms with E-state index in [2.05, 4.69) is 35.5 Å². The summed E-state index contributed by atoms with van der Waals surface area (Å²) in [6, 6.07) is 9.06. The van der Waals surface area contributed by atoms with Gasteiger partial charge in [0.25, 0.3) is 5.91 Å². The maximum absolute atomic E-state index is 13.8. The number of carboxylic acid groups (broad SMARTS) is 1. The van der Waals surface area contributed by atoms with Gasteiger partial charge in [-0.1, -0.05) is 27.7 Å². The van der Waals surface area contributed by atoms with Gasteiger partial charge in [0.1, 0.15) is 44.5 Å². The number of phosphoric acid groups is 3. The first-order chi connectivity index (χ1) is 32.2. The second kappa shape index (κ2) is 19.5. The van der Waals surface area contributed by atoms with Crippen LogP contribution in [0.2, 0.25) is 0 Å². The largest absolute Gasteiger partial charge is 0.490 e. The smallest absolute Gasteiger partial charge is 0.478 e. The van der Waals surface area contributed by atoms with Crippen LogP contribution in [0.3, 0.4) is 0 Å². The summed E-state index contributed by atoms with van der Waals surface area (Å²) in [5, 5.41) is 16.1. The maximum atomic E-state index is 13.8. The van der Waals surface area contributed by atoms with Crippen LogP contribution in [0.15, 0.2) is 30.3 Å². The number of phosphoric ester groups is 1. The van der Waals surface area contributed by atoms with Gasteiger partial charge in [-0.25, -0.2) is 23.1 Å². The van der Waals surface area contributed by atoms with Gasteiger partial charge in [0.05, 0.1) is 23.8 Å². The predicted molar refractivity (Wildman–Crippen MR) is 257 cm³/mol. The lowest BCUT2D eigenvalue weighted by Crippen LogP contribution is -2.45. The number of benzene rings is 3. The van der Waals surface area contributed by atoms with Gasteiger partial charge < -0.3 is 49.1 Å². The first-order valence-corrected chi connectivity index (χ1v) is 29.4. The molecule has 6 aliphatic heterocycles. The molecule has 3 aromatic carbocycles. The van der Waals surface area contributed by atoms with Gasteiger partial charge >= 0.3 is 29.4 Å². The Morgan fingerprint density at radius 3 is 2.38 bits per heavy atom. The van der Waals surface area contributed by atoms with Crippen LogP contribution < -0.4 is 30.1 Å². The molecule has 6 aliphatic rings. The van der Waals surface area contributed by atoms with Crippen LogP contribution in [0.5, 0.6) is 11.5 Å². The molecule has 1 saturated heterocycles. The lowest BCUT2D eigenvalue weighted by molar-refractivity contribution is -0.0237. The number of fused-ring (bicyclic) bond motifs is 4. The van der Waals surface area contributed by atoms with E-state index < -0.39 is 58.9 Å². The van der Waals surface area contributed by atoms with E-state index in [1.54, 1.807) is 20.0 Å². The highest BCUT2D eigenvalue weighted by molar-refractivity contribution is 8.77. The van der Waals surface area contributed by atoms with Crippen LogP contribution in [0.4, 0.5) is 5.69 Å². The van der Waals surface area contributed by atoms with E-state index in [1.807, 2.05) is 13.8 Å². The number of nitrogens with one attached hydrogen (secondary N) is 1. The average molecular weight is 1040 g/mol. The Morgan fingerprint density at radius 1 is 0.912 bits per heavy atom. The van der Waals surface area contributed by atoms with E-state index >= 15 is 0 Å². The number of ether oxygens (including phenoxy) is 3. The molecular weight excluding hydrogens is 982 g/mol. The van der Waals surface area contributed by atoms with Crippen molar-refractivity contribution in [3.8, 4) is 11.5 Å². The Kier molecular flexibility index (Phi) is 14.3. The second-order valence-electron chi connectivity index (χ2n) is 18.5. The molecule has 2 unspecified atom stereocenters. The lowest BCUT2D eigenvalue weighted by atomic mass is 9.81. The number of nitrogens with zero attached hydrogens (tertiary/aromatic N) is 2. The fraction of sp³-hybridized carbons (Fsp3) is 0.512. The summed E-state index contributed by atoms with van der Waals surface area (Å²) in [5.74, 6) is 0.192. The van der Waals surface area contributed by atoms with Gasteiger partial charge in [-0.2, -0.15) is 8.62 Å². The van der Waals surface area contributed by atoms with Crippen molar-refractivity contribution >= 4 is 76.0 Å². The minimum atomic E-state index is -5.67. The first-order valence-electron chi connectivity index (χ1n) is 22.6. The number of aryl methyl sites for hydroxylation is 2. The highest BCUT2D eigenvalue weighted by atomic mass is 33.1. The van der Waals surface area contributed by atoms with E-state index in [1.165, 1.54) is 61.0 Å². The monoisotopic (exact) mass is 1040 g/mol. The van der Waals surface area contributed by atoms with Gasteiger partial charge in [0.2, 0.25) is 5.36 Å². The third-order valence-electron chi connectivity index (χ3n) is 13.0. The second-order valence-corrected chi connectivity index (χ2v) is 25.9. The molecule has 6 heterocycles. The third kappa shape index (κ3) is 10.8. The summed E-state index contributed by atoms with van der Waals surface area (Å²) in [6.45, 7) is 7.47. The van der Waals surface area contributed by atoms with Crippen molar-refractivity contribution in [2.75, 3.05) is 50.2 Å². The molecule has 9 rings (SSSR count). The Balaban J connectivity index is 0.902. The Hall–Kier alpha value is -3.04. The molecule has 6 N–H and O–H groups in total. The summed E-state index contributed by atoms with van der Waals surface area (Å²) in [4.78, 5) is 66.5. The fourth-order valence-electron chi connectivity index (χ4n) is 10.3. The number of hydrogen-bond acceptors (Lipinski definition) is 14. The maximum Gasteiger partial charge on any atom is 0.490 e. The van der Waals surface area contributed by atoms with E-state index in [9.17, 15) is 38.2 Å². The number of hydrogen-bond donors (Lipinski definition) is 6. The van der Waals surface area contributed by atoms with Crippen molar-refractivity contribution in [2.45, 2.75) is 94.6 Å². The minimum absolute atomic E-state index is 0.0272. The van der Waals surface area contributed by atoms with Crippen LogP contribution in [0.1, 0.15) is 100 Å². The lowest BCUT2D eigenvalue weighted by Gasteiger charge is -2.39. The third-order valence-corrected chi connectivity index (χ3v) is 19.7. The molecule has 0 aliphatic carbocycles. The summed E-state index contributed by atoms with van der Waals surface area (Å²) >= 11 is 0. The number of carboxylic acids is 1. The zero-order valence-corrected chi connectivity index (χ0v) is 42.0. The van der Waals surface area contributed by atoms with E-state index in [-0.39, 0.29) is 29.6 Å². The van der Waals surface area contributed by atoms with Crippen molar-refractivity contribution < 1.29 is 75.3 Å². The van der Waals surface area contributed by atoms with Crippen LogP contribution >= 0.6 is 45.1 Å². The van der Waals surface area contributed by atoms with Crippen LogP contribution in [0, 0.1) is 0 Å². The zero-order valence-electron chi connectivity index (χ0n) is 37.7. The SMILES string of the molecule is B[C@H]1C[C@@H](OCSSC(C)(C)CNC(=O)c2ccc(C3=c4cc5c6c(c4Oc4c3cc3c7c4CCCN7CCC3)CCC[N+]=6CCC5)c(C(=O)O)c2)[C@@H](COP(=O)(O)OP(=O)(O)OP(=O)(O)O)O1. The molecule has 3 aromatic rings.